The SMILES string of the molecule is COc1ccc(OC)c(C(C#N)C(O)C(C)C)c1. The summed E-state index contributed by atoms with van der Waals surface area (Å²) in [6.45, 7) is 3.75. The zero-order valence-corrected chi connectivity index (χ0v) is 11.2. The summed E-state index contributed by atoms with van der Waals surface area (Å²) in [5, 5.41) is 19.4. The fraction of sp³-hybridized carbons (Fsp3) is 0.500. The fourth-order valence-electron chi connectivity index (χ4n) is 1.80. The van der Waals surface area contributed by atoms with Gasteiger partial charge < -0.3 is 14.6 Å². The van der Waals surface area contributed by atoms with Gasteiger partial charge in [0.1, 0.15) is 17.4 Å². The van der Waals surface area contributed by atoms with E-state index in [1.165, 1.54) is 0 Å². The van der Waals surface area contributed by atoms with E-state index in [0.29, 0.717) is 17.1 Å². The van der Waals surface area contributed by atoms with Crippen molar-refractivity contribution in [2.75, 3.05) is 14.2 Å². The third kappa shape index (κ3) is 2.93. The quantitative estimate of drug-likeness (QED) is 0.870. The molecule has 0 fully saturated rings. The minimum absolute atomic E-state index is 0.00874. The minimum atomic E-state index is -0.740. The summed E-state index contributed by atoms with van der Waals surface area (Å²) in [4.78, 5) is 0. The van der Waals surface area contributed by atoms with E-state index in [2.05, 4.69) is 6.07 Å². The smallest absolute Gasteiger partial charge is 0.123 e. The van der Waals surface area contributed by atoms with Crippen molar-refractivity contribution in [3.63, 3.8) is 0 Å². The van der Waals surface area contributed by atoms with Crippen LogP contribution >= 0.6 is 0 Å². The van der Waals surface area contributed by atoms with E-state index < -0.39 is 12.0 Å². The van der Waals surface area contributed by atoms with Gasteiger partial charge in [0.05, 0.1) is 26.4 Å². The highest BCUT2D eigenvalue weighted by Crippen LogP contribution is 2.33. The molecule has 2 unspecified atom stereocenters. The first-order valence-corrected chi connectivity index (χ1v) is 5.84. The van der Waals surface area contributed by atoms with Gasteiger partial charge in [-0.3, -0.25) is 0 Å². The van der Waals surface area contributed by atoms with Gasteiger partial charge in [0.2, 0.25) is 0 Å². The van der Waals surface area contributed by atoms with Crippen molar-refractivity contribution in [1.29, 1.82) is 5.26 Å². The van der Waals surface area contributed by atoms with Crippen molar-refractivity contribution >= 4 is 0 Å². The first-order chi connectivity index (χ1) is 8.54. The Labute approximate surface area is 108 Å². The van der Waals surface area contributed by atoms with E-state index in [9.17, 15) is 10.4 Å². The lowest BCUT2D eigenvalue weighted by molar-refractivity contribution is 0.112. The van der Waals surface area contributed by atoms with E-state index in [1.54, 1.807) is 32.4 Å². The van der Waals surface area contributed by atoms with E-state index in [1.807, 2.05) is 13.8 Å². The molecule has 0 aliphatic carbocycles. The maximum absolute atomic E-state index is 10.1. The second-order valence-electron chi connectivity index (χ2n) is 4.45. The lowest BCUT2D eigenvalue weighted by atomic mass is 9.88. The minimum Gasteiger partial charge on any atom is -0.497 e. The Bertz CT molecular complexity index is 437. The summed E-state index contributed by atoms with van der Waals surface area (Å²) in [7, 11) is 3.10. The van der Waals surface area contributed by atoms with Crippen molar-refractivity contribution in [2.45, 2.75) is 25.9 Å². The normalized spacial score (nSPS) is 13.8. The third-order valence-corrected chi connectivity index (χ3v) is 2.94. The molecule has 98 valence electrons. The molecule has 4 nitrogen and oxygen atoms in total. The number of methoxy groups -OCH3 is 2. The summed E-state index contributed by atoms with van der Waals surface area (Å²) in [6.07, 6.45) is -0.740. The maximum Gasteiger partial charge on any atom is 0.123 e. The molecule has 0 amide bonds. The molecule has 1 aromatic carbocycles. The summed E-state index contributed by atoms with van der Waals surface area (Å²) >= 11 is 0. The molecule has 0 heterocycles. The molecule has 18 heavy (non-hydrogen) atoms. The predicted molar refractivity (Wildman–Crippen MR) is 68.7 cm³/mol. The number of ether oxygens (including phenoxy) is 2. The molecule has 1 aromatic rings. The van der Waals surface area contributed by atoms with Gasteiger partial charge in [0, 0.05) is 5.56 Å². The van der Waals surface area contributed by atoms with Crippen LogP contribution in [0.4, 0.5) is 0 Å². The average molecular weight is 249 g/mol. The lowest BCUT2D eigenvalue weighted by Crippen LogP contribution is -2.23. The molecule has 0 radical (unpaired) electrons. The van der Waals surface area contributed by atoms with Crippen LogP contribution in [0.1, 0.15) is 25.3 Å². The van der Waals surface area contributed by atoms with Crippen molar-refractivity contribution in [3.8, 4) is 17.6 Å². The van der Waals surface area contributed by atoms with Crippen LogP contribution in [-0.2, 0) is 0 Å². The lowest BCUT2D eigenvalue weighted by Gasteiger charge is -2.22. The van der Waals surface area contributed by atoms with E-state index in [0.717, 1.165) is 0 Å². The molecule has 2 atom stereocenters. The molecule has 0 saturated heterocycles. The highest BCUT2D eigenvalue weighted by molar-refractivity contribution is 5.45. The van der Waals surface area contributed by atoms with E-state index in [-0.39, 0.29) is 5.92 Å². The Balaban J connectivity index is 3.23. The molecular formula is C14H19NO3. The maximum atomic E-state index is 10.1. The van der Waals surface area contributed by atoms with E-state index >= 15 is 0 Å². The van der Waals surface area contributed by atoms with Crippen molar-refractivity contribution in [1.82, 2.24) is 0 Å². The summed E-state index contributed by atoms with van der Waals surface area (Å²) in [5.41, 5.74) is 0.653. The van der Waals surface area contributed by atoms with Crippen LogP contribution in [0.15, 0.2) is 18.2 Å². The van der Waals surface area contributed by atoms with Crippen molar-refractivity contribution < 1.29 is 14.6 Å². The molecule has 0 bridgehead atoms. The number of nitrogens with zero attached hydrogens (tertiary/aromatic N) is 1. The molecule has 0 aromatic heterocycles. The van der Waals surface area contributed by atoms with Gasteiger partial charge in [-0.2, -0.15) is 5.26 Å². The molecule has 0 spiro atoms. The van der Waals surface area contributed by atoms with Crippen LogP contribution in [0.2, 0.25) is 0 Å². The number of hydrogen-bond donors (Lipinski definition) is 1. The Morgan fingerprint density at radius 1 is 1.22 bits per heavy atom. The van der Waals surface area contributed by atoms with Crippen molar-refractivity contribution in [3.05, 3.63) is 23.8 Å². The third-order valence-electron chi connectivity index (χ3n) is 2.94. The van der Waals surface area contributed by atoms with Gasteiger partial charge in [-0.15, -0.1) is 0 Å². The average Bonchev–Trinajstić information content (AvgIpc) is 2.39. The molecule has 1 N–H and O–H groups in total. The molecular weight excluding hydrogens is 230 g/mol. The van der Waals surface area contributed by atoms with Crippen LogP contribution < -0.4 is 9.47 Å². The molecule has 0 aliphatic heterocycles. The topological polar surface area (TPSA) is 62.5 Å². The Hall–Kier alpha value is -1.73. The van der Waals surface area contributed by atoms with E-state index in [4.69, 9.17) is 9.47 Å². The van der Waals surface area contributed by atoms with Gasteiger partial charge in [0.25, 0.3) is 0 Å². The van der Waals surface area contributed by atoms with Gasteiger partial charge in [-0.1, -0.05) is 13.8 Å². The monoisotopic (exact) mass is 249 g/mol. The number of rotatable bonds is 5. The Kier molecular flexibility index (Phi) is 4.99. The Morgan fingerprint density at radius 2 is 1.89 bits per heavy atom. The largest absolute Gasteiger partial charge is 0.497 e. The highest BCUT2D eigenvalue weighted by atomic mass is 16.5. The zero-order valence-electron chi connectivity index (χ0n) is 11.2. The molecule has 1 rings (SSSR count). The summed E-state index contributed by atoms with van der Waals surface area (Å²) < 4.78 is 10.4. The highest BCUT2D eigenvalue weighted by Gasteiger charge is 2.26. The van der Waals surface area contributed by atoms with Gasteiger partial charge in [-0.05, 0) is 24.1 Å². The Morgan fingerprint density at radius 3 is 2.33 bits per heavy atom. The number of hydrogen-bond acceptors (Lipinski definition) is 4. The molecule has 0 saturated carbocycles. The van der Waals surface area contributed by atoms with Crippen LogP contribution in [0.3, 0.4) is 0 Å². The first kappa shape index (κ1) is 14.3. The van der Waals surface area contributed by atoms with Gasteiger partial charge in [-0.25, -0.2) is 0 Å². The standard InChI is InChI=1S/C14H19NO3/c1-9(2)14(16)12(8-15)11-7-10(17-3)5-6-13(11)18-4/h5-7,9,12,14,16H,1-4H3. The number of benzene rings is 1. The van der Waals surface area contributed by atoms with Crippen LogP contribution in [0, 0.1) is 17.2 Å². The number of aliphatic hydroxyl groups is 1. The van der Waals surface area contributed by atoms with Crippen LogP contribution in [0.5, 0.6) is 11.5 Å². The number of nitriles is 1. The second-order valence-corrected chi connectivity index (χ2v) is 4.45. The van der Waals surface area contributed by atoms with Gasteiger partial charge in [0.15, 0.2) is 0 Å². The molecule has 4 heteroatoms. The fourth-order valence-corrected chi connectivity index (χ4v) is 1.80. The first-order valence-electron chi connectivity index (χ1n) is 5.84. The van der Waals surface area contributed by atoms with Crippen LogP contribution in [-0.4, -0.2) is 25.4 Å². The summed E-state index contributed by atoms with van der Waals surface area (Å²) in [6, 6.07) is 7.38. The number of aliphatic hydroxyl groups excluding tert-OH is 1. The second kappa shape index (κ2) is 6.27. The predicted octanol–water partition coefficient (Wildman–Crippen LogP) is 2.33. The molecule has 0 aliphatic rings. The zero-order chi connectivity index (χ0) is 13.7. The summed E-state index contributed by atoms with van der Waals surface area (Å²) in [5.74, 6) is 0.588. The van der Waals surface area contributed by atoms with Crippen molar-refractivity contribution in [2.24, 2.45) is 5.92 Å². The van der Waals surface area contributed by atoms with Gasteiger partial charge >= 0.3 is 0 Å². The van der Waals surface area contributed by atoms with Crippen LogP contribution in [0.25, 0.3) is 0 Å².